The Morgan fingerprint density at radius 3 is 3.00 bits per heavy atom. The SMILES string of the molecule is Cc1[nH]nc2c1c(=O)n(CCCNCc1ccc[nH]1)c1ccc(Cl)cc21. The summed E-state index contributed by atoms with van der Waals surface area (Å²) in [6.45, 7) is 4.12. The van der Waals surface area contributed by atoms with Crippen LogP contribution in [0.2, 0.25) is 5.02 Å². The highest BCUT2D eigenvalue weighted by Crippen LogP contribution is 2.25. The maximum Gasteiger partial charge on any atom is 0.262 e. The number of benzene rings is 1. The Bertz CT molecular complexity index is 1110. The van der Waals surface area contributed by atoms with Crippen LogP contribution in [-0.2, 0) is 13.1 Å². The van der Waals surface area contributed by atoms with Crippen molar-refractivity contribution in [3.05, 3.63) is 63.3 Å². The average Bonchev–Trinajstić information content (AvgIpc) is 3.27. The summed E-state index contributed by atoms with van der Waals surface area (Å²) in [5.74, 6) is 0. The van der Waals surface area contributed by atoms with E-state index in [4.69, 9.17) is 11.6 Å². The van der Waals surface area contributed by atoms with Crippen molar-refractivity contribution in [2.45, 2.75) is 26.4 Å². The Hall–Kier alpha value is -2.57. The molecule has 0 aliphatic rings. The third kappa shape index (κ3) is 3.02. The second-order valence-electron chi connectivity index (χ2n) is 6.42. The van der Waals surface area contributed by atoms with Gasteiger partial charge in [-0.05, 0) is 50.2 Å². The van der Waals surface area contributed by atoms with Crippen molar-refractivity contribution in [2.75, 3.05) is 6.54 Å². The van der Waals surface area contributed by atoms with E-state index in [0.29, 0.717) is 22.5 Å². The molecule has 134 valence electrons. The smallest absolute Gasteiger partial charge is 0.262 e. The van der Waals surface area contributed by atoms with Gasteiger partial charge in [-0.2, -0.15) is 5.10 Å². The van der Waals surface area contributed by atoms with E-state index in [2.05, 4.69) is 20.5 Å². The fourth-order valence-corrected chi connectivity index (χ4v) is 3.52. The van der Waals surface area contributed by atoms with Gasteiger partial charge in [0, 0.05) is 41.1 Å². The predicted molar refractivity (Wildman–Crippen MR) is 105 cm³/mol. The molecule has 0 atom stereocenters. The van der Waals surface area contributed by atoms with Gasteiger partial charge >= 0.3 is 0 Å². The molecule has 0 spiro atoms. The van der Waals surface area contributed by atoms with Gasteiger partial charge in [-0.25, -0.2) is 0 Å². The minimum Gasteiger partial charge on any atom is -0.364 e. The van der Waals surface area contributed by atoms with Gasteiger partial charge < -0.3 is 14.9 Å². The van der Waals surface area contributed by atoms with Crippen molar-refractivity contribution in [3.8, 4) is 0 Å². The van der Waals surface area contributed by atoms with Crippen LogP contribution in [0.5, 0.6) is 0 Å². The minimum absolute atomic E-state index is 0.00885. The van der Waals surface area contributed by atoms with Crippen molar-refractivity contribution in [1.29, 1.82) is 0 Å². The highest BCUT2D eigenvalue weighted by molar-refractivity contribution is 6.31. The molecule has 0 unspecified atom stereocenters. The van der Waals surface area contributed by atoms with Gasteiger partial charge in [-0.15, -0.1) is 0 Å². The van der Waals surface area contributed by atoms with Crippen molar-refractivity contribution < 1.29 is 0 Å². The van der Waals surface area contributed by atoms with E-state index in [9.17, 15) is 4.79 Å². The van der Waals surface area contributed by atoms with Crippen molar-refractivity contribution in [3.63, 3.8) is 0 Å². The number of nitrogens with zero attached hydrogens (tertiary/aromatic N) is 2. The molecule has 0 aliphatic carbocycles. The van der Waals surface area contributed by atoms with Crippen LogP contribution in [0.4, 0.5) is 0 Å². The monoisotopic (exact) mass is 369 g/mol. The molecule has 0 amide bonds. The van der Waals surface area contributed by atoms with Crippen LogP contribution >= 0.6 is 11.6 Å². The molecule has 26 heavy (non-hydrogen) atoms. The van der Waals surface area contributed by atoms with E-state index >= 15 is 0 Å². The number of aromatic amines is 2. The zero-order valence-electron chi connectivity index (χ0n) is 14.5. The van der Waals surface area contributed by atoms with Gasteiger partial charge in [0.25, 0.3) is 5.56 Å². The van der Waals surface area contributed by atoms with E-state index in [0.717, 1.165) is 41.8 Å². The summed E-state index contributed by atoms with van der Waals surface area (Å²) >= 11 is 6.17. The van der Waals surface area contributed by atoms with E-state index in [1.165, 1.54) is 0 Å². The number of fused-ring (bicyclic) bond motifs is 3. The van der Waals surface area contributed by atoms with E-state index < -0.39 is 0 Å². The third-order valence-corrected chi connectivity index (χ3v) is 4.86. The van der Waals surface area contributed by atoms with E-state index in [1.54, 1.807) is 0 Å². The molecule has 0 radical (unpaired) electrons. The molecule has 0 saturated heterocycles. The number of H-pyrrole nitrogens is 2. The van der Waals surface area contributed by atoms with Gasteiger partial charge in [0.1, 0.15) is 5.52 Å². The fourth-order valence-electron chi connectivity index (χ4n) is 3.35. The van der Waals surface area contributed by atoms with Gasteiger partial charge in [-0.1, -0.05) is 11.6 Å². The molecule has 0 bridgehead atoms. The molecular formula is C19H20ClN5O. The Labute approximate surface area is 155 Å². The highest BCUT2D eigenvalue weighted by atomic mass is 35.5. The standard InChI is InChI=1S/C19H20ClN5O/c1-12-17-18(24-23-12)15-10-13(20)5-6-16(15)25(19(17)26)9-3-7-21-11-14-4-2-8-22-14/h2,4-6,8,10,21-22H,3,7,9,11H2,1H3,(H,23,24). The van der Waals surface area contributed by atoms with Crippen molar-refractivity contribution in [1.82, 2.24) is 25.1 Å². The average molecular weight is 370 g/mol. The summed E-state index contributed by atoms with van der Waals surface area (Å²) < 4.78 is 1.83. The predicted octanol–water partition coefficient (Wildman–Crippen LogP) is 3.35. The lowest BCUT2D eigenvalue weighted by Crippen LogP contribution is -2.24. The third-order valence-electron chi connectivity index (χ3n) is 4.62. The number of aromatic nitrogens is 4. The first-order valence-electron chi connectivity index (χ1n) is 8.65. The first-order chi connectivity index (χ1) is 12.6. The van der Waals surface area contributed by atoms with Gasteiger partial charge in [-0.3, -0.25) is 9.89 Å². The molecule has 3 aromatic heterocycles. The lowest BCUT2D eigenvalue weighted by molar-refractivity contribution is 0.580. The molecule has 0 saturated carbocycles. The summed E-state index contributed by atoms with van der Waals surface area (Å²) in [4.78, 5) is 16.2. The summed E-state index contributed by atoms with van der Waals surface area (Å²) in [6, 6.07) is 9.61. The summed E-state index contributed by atoms with van der Waals surface area (Å²) in [7, 11) is 0. The van der Waals surface area contributed by atoms with Crippen LogP contribution in [0.25, 0.3) is 21.8 Å². The van der Waals surface area contributed by atoms with Gasteiger partial charge in [0.05, 0.1) is 10.9 Å². The van der Waals surface area contributed by atoms with Crippen LogP contribution in [0.1, 0.15) is 17.8 Å². The number of nitrogens with one attached hydrogen (secondary N) is 3. The zero-order chi connectivity index (χ0) is 18.1. The van der Waals surface area contributed by atoms with Crippen LogP contribution in [0, 0.1) is 6.92 Å². The Balaban J connectivity index is 1.61. The molecule has 0 fully saturated rings. The van der Waals surface area contributed by atoms with Crippen LogP contribution in [0.15, 0.2) is 41.3 Å². The molecule has 1 aromatic carbocycles. The molecule has 0 aliphatic heterocycles. The van der Waals surface area contributed by atoms with Crippen LogP contribution in [0.3, 0.4) is 0 Å². The summed E-state index contributed by atoms with van der Waals surface area (Å²) in [6.07, 6.45) is 2.76. The maximum atomic E-state index is 13.0. The topological polar surface area (TPSA) is 78.5 Å². The van der Waals surface area contributed by atoms with Crippen molar-refractivity contribution in [2.24, 2.45) is 0 Å². The normalized spacial score (nSPS) is 11.6. The zero-order valence-corrected chi connectivity index (χ0v) is 15.2. The van der Waals surface area contributed by atoms with Crippen molar-refractivity contribution >= 4 is 33.4 Å². The Morgan fingerprint density at radius 1 is 1.31 bits per heavy atom. The molecule has 4 rings (SSSR count). The highest BCUT2D eigenvalue weighted by Gasteiger charge is 2.15. The van der Waals surface area contributed by atoms with Gasteiger partial charge in [0.2, 0.25) is 0 Å². The van der Waals surface area contributed by atoms with Gasteiger partial charge in [0.15, 0.2) is 0 Å². The molecule has 3 N–H and O–H groups in total. The summed E-state index contributed by atoms with van der Waals surface area (Å²) in [5.41, 5.74) is 3.47. The first kappa shape index (κ1) is 16.9. The second kappa shape index (κ2) is 6.97. The number of rotatable bonds is 6. The van der Waals surface area contributed by atoms with E-state index in [1.807, 2.05) is 48.0 Å². The molecule has 6 nitrogen and oxygen atoms in total. The molecular weight excluding hydrogens is 350 g/mol. The lowest BCUT2D eigenvalue weighted by atomic mass is 10.1. The van der Waals surface area contributed by atoms with Crippen LogP contribution in [-0.4, -0.2) is 26.3 Å². The Kier molecular flexibility index (Phi) is 4.53. The quantitative estimate of drug-likeness (QED) is 0.456. The number of halogens is 1. The maximum absolute atomic E-state index is 13.0. The van der Waals surface area contributed by atoms with E-state index in [-0.39, 0.29) is 5.56 Å². The Morgan fingerprint density at radius 2 is 2.19 bits per heavy atom. The second-order valence-corrected chi connectivity index (χ2v) is 6.85. The largest absolute Gasteiger partial charge is 0.364 e. The molecule has 4 aromatic rings. The lowest BCUT2D eigenvalue weighted by Gasteiger charge is -2.12. The number of hydrogen-bond acceptors (Lipinski definition) is 3. The number of pyridine rings is 1. The molecule has 7 heteroatoms. The fraction of sp³-hybridized carbons (Fsp3) is 0.263. The minimum atomic E-state index is -0.00885. The molecule has 3 heterocycles. The van der Waals surface area contributed by atoms with Crippen LogP contribution < -0.4 is 10.9 Å². The number of hydrogen-bond donors (Lipinski definition) is 3. The first-order valence-corrected chi connectivity index (χ1v) is 9.02. The summed E-state index contributed by atoms with van der Waals surface area (Å²) in [5, 5.41) is 12.8. The number of aryl methyl sites for hydroxylation is 2.